The summed E-state index contributed by atoms with van der Waals surface area (Å²) < 4.78 is 0. The van der Waals surface area contributed by atoms with Gasteiger partial charge in [0, 0.05) is 25.4 Å². The van der Waals surface area contributed by atoms with E-state index in [0.717, 1.165) is 12.8 Å². The summed E-state index contributed by atoms with van der Waals surface area (Å²) in [7, 11) is 1.67. The number of hydrogen-bond acceptors (Lipinski definition) is 3. The second kappa shape index (κ2) is 6.26. The van der Waals surface area contributed by atoms with Crippen LogP contribution in [0.3, 0.4) is 0 Å². The van der Waals surface area contributed by atoms with E-state index in [-0.39, 0.29) is 23.8 Å². The highest BCUT2D eigenvalue weighted by Gasteiger charge is 2.42. The Morgan fingerprint density at radius 2 is 2.00 bits per heavy atom. The third-order valence-corrected chi connectivity index (χ3v) is 4.10. The molecular formula is C16H22N2O3. The summed E-state index contributed by atoms with van der Waals surface area (Å²) in [6, 6.07) is 7.06. The molecule has 0 atom stereocenters. The second-order valence-corrected chi connectivity index (χ2v) is 5.66. The molecule has 1 saturated carbocycles. The first-order valence-electron chi connectivity index (χ1n) is 7.27. The van der Waals surface area contributed by atoms with E-state index in [1.165, 1.54) is 4.90 Å². The number of nitrogens with one attached hydrogen (secondary N) is 1. The number of hydrogen-bond donors (Lipinski definition) is 2. The third-order valence-electron chi connectivity index (χ3n) is 4.10. The molecule has 5 heteroatoms. The van der Waals surface area contributed by atoms with Crippen molar-refractivity contribution in [2.75, 3.05) is 25.1 Å². The van der Waals surface area contributed by atoms with Gasteiger partial charge in [-0.25, -0.2) is 0 Å². The molecule has 2 rings (SSSR count). The van der Waals surface area contributed by atoms with Crippen molar-refractivity contribution in [2.24, 2.45) is 5.41 Å². The van der Waals surface area contributed by atoms with Gasteiger partial charge in [-0.15, -0.1) is 0 Å². The molecule has 0 aliphatic heterocycles. The fraction of sp³-hybridized carbons (Fsp3) is 0.500. The number of carbonyl (C=O) groups excluding carboxylic acids is 2. The number of rotatable bonds is 6. The Hall–Kier alpha value is -1.88. The van der Waals surface area contributed by atoms with Gasteiger partial charge in [0.2, 0.25) is 5.91 Å². The predicted octanol–water partition coefficient (Wildman–Crippen LogP) is 1.56. The maximum atomic E-state index is 12.3. The number of benzene rings is 1. The SMILES string of the molecule is CCC(=O)N(C)c1ccccc1C(=O)NCC1(CO)CC1. The number of amides is 2. The van der Waals surface area contributed by atoms with Crippen molar-refractivity contribution in [3.63, 3.8) is 0 Å². The molecule has 0 unspecified atom stereocenters. The van der Waals surface area contributed by atoms with Crippen LogP contribution in [0.15, 0.2) is 24.3 Å². The van der Waals surface area contributed by atoms with Crippen LogP contribution in [-0.2, 0) is 4.79 Å². The molecule has 0 aromatic heterocycles. The highest BCUT2D eigenvalue weighted by molar-refractivity contribution is 6.04. The molecule has 2 amide bonds. The molecule has 0 heterocycles. The van der Waals surface area contributed by atoms with Crippen molar-refractivity contribution >= 4 is 17.5 Å². The zero-order valence-corrected chi connectivity index (χ0v) is 12.6. The summed E-state index contributed by atoms with van der Waals surface area (Å²) in [5, 5.41) is 12.2. The lowest BCUT2D eigenvalue weighted by Crippen LogP contribution is -2.34. The van der Waals surface area contributed by atoms with E-state index < -0.39 is 0 Å². The van der Waals surface area contributed by atoms with Gasteiger partial charge < -0.3 is 15.3 Å². The quantitative estimate of drug-likeness (QED) is 0.835. The molecule has 0 bridgehead atoms. The third kappa shape index (κ3) is 3.42. The van der Waals surface area contributed by atoms with Crippen LogP contribution in [-0.4, -0.2) is 37.1 Å². The summed E-state index contributed by atoms with van der Waals surface area (Å²) in [6.45, 7) is 2.37. The Kier molecular flexibility index (Phi) is 4.63. The van der Waals surface area contributed by atoms with Crippen molar-refractivity contribution in [1.82, 2.24) is 5.32 Å². The van der Waals surface area contributed by atoms with E-state index in [4.69, 9.17) is 0 Å². The lowest BCUT2D eigenvalue weighted by molar-refractivity contribution is -0.118. The number of nitrogens with zero attached hydrogens (tertiary/aromatic N) is 1. The van der Waals surface area contributed by atoms with Crippen LogP contribution in [0.5, 0.6) is 0 Å². The smallest absolute Gasteiger partial charge is 0.253 e. The van der Waals surface area contributed by atoms with Crippen molar-refractivity contribution < 1.29 is 14.7 Å². The van der Waals surface area contributed by atoms with E-state index in [0.29, 0.717) is 24.2 Å². The Labute approximate surface area is 125 Å². The highest BCUT2D eigenvalue weighted by Crippen LogP contribution is 2.44. The van der Waals surface area contributed by atoms with Gasteiger partial charge in [0.25, 0.3) is 5.91 Å². The average Bonchev–Trinajstić information content (AvgIpc) is 3.31. The minimum atomic E-state index is -0.207. The van der Waals surface area contributed by atoms with Crippen LogP contribution in [0, 0.1) is 5.41 Å². The maximum Gasteiger partial charge on any atom is 0.253 e. The van der Waals surface area contributed by atoms with Gasteiger partial charge in [0.1, 0.15) is 0 Å². The van der Waals surface area contributed by atoms with Gasteiger partial charge in [-0.05, 0) is 25.0 Å². The summed E-state index contributed by atoms with van der Waals surface area (Å²) in [5.41, 5.74) is 0.960. The van der Waals surface area contributed by atoms with E-state index in [1.54, 1.807) is 32.2 Å². The van der Waals surface area contributed by atoms with Crippen LogP contribution in [0.2, 0.25) is 0 Å². The fourth-order valence-electron chi connectivity index (χ4n) is 2.26. The van der Waals surface area contributed by atoms with E-state index in [9.17, 15) is 14.7 Å². The van der Waals surface area contributed by atoms with E-state index in [1.807, 2.05) is 6.07 Å². The average molecular weight is 290 g/mol. The van der Waals surface area contributed by atoms with Crippen LogP contribution < -0.4 is 10.2 Å². The van der Waals surface area contributed by atoms with Crippen molar-refractivity contribution in [2.45, 2.75) is 26.2 Å². The van der Waals surface area contributed by atoms with Crippen molar-refractivity contribution in [1.29, 1.82) is 0 Å². The van der Waals surface area contributed by atoms with Gasteiger partial charge in [0.05, 0.1) is 17.9 Å². The molecule has 1 aliphatic carbocycles. The molecule has 0 radical (unpaired) electrons. The molecule has 0 saturated heterocycles. The van der Waals surface area contributed by atoms with Crippen LogP contribution >= 0.6 is 0 Å². The van der Waals surface area contributed by atoms with Crippen LogP contribution in [0.25, 0.3) is 0 Å². The normalized spacial score (nSPS) is 15.4. The van der Waals surface area contributed by atoms with Gasteiger partial charge in [0.15, 0.2) is 0 Å². The summed E-state index contributed by atoms with van der Waals surface area (Å²) in [6.07, 6.45) is 2.28. The lowest BCUT2D eigenvalue weighted by Gasteiger charge is -2.20. The second-order valence-electron chi connectivity index (χ2n) is 5.66. The first-order valence-corrected chi connectivity index (χ1v) is 7.27. The molecule has 21 heavy (non-hydrogen) atoms. The fourth-order valence-corrected chi connectivity index (χ4v) is 2.26. The minimum Gasteiger partial charge on any atom is -0.396 e. The Morgan fingerprint density at radius 3 is 2.57 bits per heavy atom. The maximum absolute atomic E-state index is 12.3. The summed E-state index contributed by atoms with van der Waals surface area (Å²) in [5.74, 6) is -0.245. The van der Waals surface area contributed by atoms with E-state index in [2.05, 4.69) is 5.32 Å². The molecule has 1 aromatic carbocycles. The monoisotopic (exact) mass is 290 g/mol. The summed E-state index contributed by atoms with van der Waals surface area (Å²) in [4.78, 5) is 25.7. The molecule has 1 fully saturated rings. The van der Waals surface area contributed by atoms with E-state index >= 15 is 0 Å². The largest absolute Gasteiger partial charge is 0.396 e. The number of carbonyl (C=O) groups is 2. The molecule has 2 N–H and O–H groups in total. The van der Waals surface area contributed by atoms with Crippen molar-refractivity contribution in [3.8, 4) is 0 Å². The highest BCUT2D eigenvalue weighted by atomic mass is 16.3. The molecule has 5 nitrogen and oxygen atoms in total. The van der Waals surface area contributed by atoms with Crippen LogP contribution in [0.1, 0.15) is 36.5 Å². The topological polar surface area (TPSA) is 69.6 Å². The van der Waals surface area contributed by atoms with Gasteiger partial charge in [-0.1, -0.05) is 19.1 Å². The minimum absolute atomic E-state index is 0.0377. The van der Waals surface area contributed by atoms with Gasteiger partial charge >= 0.3 is 0 Å². The van der Waals surface area contributed by atoms with Gasteiger partial charge in [-0.3, -0.25) is 9.59 Å². The molecule has 1 aliphatic rings. The number of para-hydroxylation sites is 1. The standard InChI is InChI=1S/C16H22N2O3/c1-3-14(20)18(2)13-7-5-4-6-12(13)15(21)17-10-16(11-19)8-9-16/h4-7,19H,3,8-11H2,1-2H3,(H,17,21). The van der Waals surface area contributed by atoms with Crippen LogP contribution in [0.4, 0.5) is 5.69 Å². The zero-order valence-electron chi connectivity index (χ0n) is 12.6. The predicted molar refractivity (Wildman–Crippen MR) is 81.2 cm³/mol. The number of aliphatic hydroxyl groups is 1. The molecule has 0 spiro atoms. The molecular weight excluding hydrogens is 268 g/mol. The number of anilines is 1. The molecule has 114 valence electrons. The summed E-state index contributed by atoms with van der Waals surface area (Å²) >= 11 is 0. The van der Waals surface area contributed by atoms with Gasteiger partial charge in [-0.2, -0.15) is 0 Å². The Bertz CT molecular complexity index is 538. The Morgan fingerprint density at radius 1 is 1.33 bits per heavy atom. The zero-order chi connectivity index (χ0) is 15.5. The lowest BCUT2D eigenvalue weighted by atomic mass is 10.1. The number of aliphatic hydroxyl groups excluding tert-OH is 1. The first kappa shape index (κ1) is 15.5. The van der Waals surface area contributed by atoms with Crippen molar-refractivity contribution in [3.05, 3.63) is 29.8 Å². The first-order chi connectivity index (χ1) is 10.0. The molecule has 1 aromatic rings. The Balaban J connectivity index is 2.11.